The van der Waals surface area contributed by atoms with Crippen LogP contribution in [-0.4, -0.2) is 29.8 Å². The van der Waals surface area contributed by atoms with Gasteiger partial charge in [-0.1, -0.05) is 37.6 Å². The van der Waals surface area contributed by atoms with Crippen LogP contribution in [0.25, 0.3) is 0 Å². The third kappa shape index (κ3) is 5.31. The number of halogens is 1. The van der Waals surface area contributed by atoms with Gasteiger partial charge in [0.15, 0.2) is 0 Å². The van der Waals surface area contributed by atoms with Gasteiger partial charge in [0, 0.05) is 13.6 Å². The molecule has 0 spiro atoms. The molecule has 5 heteroatoms. The van der Waals surface area contributed by atoms with Crippen LogP contribution in [-0.2, 0) is 6.42 Å². The molecule has 0 amide bonds. The van der Waals surface area contributed by atoms with Gasteiger partial charge in [-0.3, -0.25) is 0 Å². The summed E-state index contributed by atoms with van der Waals surface area (Å²) < 4.78 is 6.99. The minimum atomic E-state index is -0.0680. The Morgan fingerprint density at radius 1 is 1.31 bits per heavy atom. The lowest BCUT2D eigenvalue weighted by Crippen LogP contribution is -2.14. The number of hydrogen-bond donors (Lipinski definition) is 0. The van der Waals surface area contributed by atoms with Crippen LogP contribution in [0.1, 0.15) is 50.1 Å². The highest BCUT2D eigenvalue weighted by Gasteiger charge is 2.15. The first-order valence-electron chi connectivity index (χ1n) is 9.12. The van der Waals surface area contributed by atoms with Crippen molar-refractivity contribution >= 4 is 28.0 Å². The van der Waals surface area contributed by atoms with Gasteiger partial charge in [-0.2, -0.15) is 0 Å². The molecule has 1 atom stereocenters. The Bertz CT molecular complexity index is 761. The van der Waals surface area contributed by atoms with Gasteiger partial charge in [0.1, 0.15) is 6.10 Å². The van der Waals surface area contributed by atoms with E-state index in [9.17, 15) is 0 Å². The van der Waals surface area contributed by atoms with E-state index in [0.717, 1.165) is 35.2 Å². The molecular weight excluding hydrogens is 390 g/mol. The largest absolute Gasteiger partial charge is 0.469 e. The molecule has 2 rings (SSSR count). The Labute approximate surface area is 165 Å². The van der Waals surface area contributed by atoms with Crippen molar-refractivity contribution in [2.24, 2.45) is 4.99 Å². The van der Waals surface area contributed by atoms with E-state index in [1.54, 1.807) is 0 Å². The van der Waals surface area contributed by atoms with Crippen LogP contribution in [0.5, 0.6) is 5.88 Å². The normalized spacial score (nSPS) is 12.4. The second-order valence-corrected chi connectivity index (χ2v) is 7.26. The Hall–Kier alpha value is -1.88. The SMILES string of the molecule is CCCc1ccccc1C(C)Oc1nc(C)c(N=CN(C)CC)cc1Br. The fraction of sp³-hybridized carbons (Fsp3) is 0.429. The molecule has 0 aliphatic carbocycles. The number of aromatic nitrogens is 1. The lowest BCUT2D eigenvalue weighted by atomic mass is 10.00. The Kier molecular flexibility index (Phi) is 7.64. The fourth-order valence-electron chi connectivity index (χ4n) is 2.66. The van der Waals surface area contributed by atoms with E-state index in [1.165, 1.54) is 11.1 Å². The van der Waals surface area contributed by atoms with Gasteiger partial charge in [0.05, 0.1) is 22.2 Å². The van der Waals surface area contributed by atoms with Crippen LogP contribution in [0.4, 0.5) is 5.69 Å². The quantitative estimate of drug-likeness (QED) is 0.398. The lowest BCUT2D eigenvalue weighted by molar-refractivity contribution is 0.214. The van der Waals surface area contributed by atoms with Gasteiger partial charge in [-0.15, -0.1) is 0 Å². The number of ether oxygens (including phenoxy) is 1. The molecule has 140 valence electrons. The van der Waals surface area contributed by atoms with Crippen LogP contribution in [0.2, 0.25) is 0 Å². The predicted octanol–water partition coefficient (Wildman–Crippen LogP) is 5.86. The second kappa shape index (κ2) is 9.72. The topological polar surface area (TPSA) is 37.7 Å². The minimum absolute atomic E-state index is 0.0680. The molecule has 0 bridgehead atoms. The van der Waals surface area contributed by atoms with Crippen molar-refractivity contribution in [3.05, 3.63) is 51.6 Å². The van der Waals surface area contributed by atoms with Crippen LogP contribution in [0, 0.1) is 6.92 Å². The van der Waals surface area contributed by atoms with Gasteiger partial charge in [-0.05, 0) is 60.3 Å². The van der Waals surface area contributed by atoms with Crippen molar-refractivity contribution in [3.8, 4) is 5.88 Å². The summed E-state index contributed by atoms with van der Waals surface area (Å²) in [5.41, 5.74) is 4.23. The summed E-state index contributed by atoms with van der Waals surface area (Å²) in [7, 11) is 1.99. The van der Waals surface area contributed by atoms with E-state index >= 15 is 0 Å². The number of pyridine rings is 1. The lowest BCUT2D eigenvalue weighted by Gasteiger charge is -2.19. The van der Waals surface area contributed by atoms with E-state index < -0.39 is 0 Å². The predicted molar refractivity (Wildman–Crippen MR) is 113 cm³/mol. The molecule has 2 aromatic rings. The highest BCUT2D eigenvalue weighted by Crippen LogP contribution is 2.33. The van der Waals surface area contributed by atoms with Crippen molar-refractivity contribution in [2.45, 2.75) is 46.6 Å². The summed E-state index contributed by atoms with van der Waals surface area (Å²) >= 11 is 3.58. The number of benzene rings is 1. The second-order valence-electron chi connectivity index (χ2n) is 6.41. The highest BCUT2D eigenvalue weighted by molar-refractivity contribution is 9.10. The maximum absolute atomic E-state index is 6.18. The molecule has 0 aliphatic heterocycles. The average Bonchev–Trinajstić information content (AvgIpc) is 2.63. The third-order valence-electron chi connectivity index (χ3n) is 4.30. The molecule has 4 nitrogen and oxygen atoms in total. The number of rotatable bonds is 8. The Balaban J connectivity index is 2.22. The first-order chi connectivity index (χ1) is 12.5. The average molecular weight is 418 g/mol. The summed E-state index contributed by atoms with van der Waals surface area (Å²) in [6.45, 7) is 9.21. The van der Waals surface area contributed by atoms with Crippen molar-refractivity contribution in [1.29, 1.82) is 0 Å². The van der Waals surface area contributed by atoms with E-state index in [1.807, 2.05) is 31.3 Å². The summed E-state index contributed by atoms with van der Waals surface area (Å²) in [5.74, 6) is 0.601. The molecule has 0 N–H and O–H groups in total. The number of aryl methyl sites for hydroxylation is 2. The summed E-state index contributed by atoms with van der Waals surface area (Å²) in [5, 5.41) is 0. The maximum atomic E-state index is 6.18. The molecule has 1 heterocycles. The van der Waals surface area contributed by atoms with Crippen LogP contribution in [0.15, 0.2) is 39.8 Å². The van der Waals surface area contributed by atoms with E-state index in [-0.39, 0.29) is 6.10 Å². The van der Waals surface area contributed by atoms with Gasteiger partial charge >= 0.3 is 0 Å². The Morgan fingerprint density at radius 3 is 2.73 bits per heavy atom. The zero-order valence-corrected chi connectivity index (χ0v) is 17.9. The molecule has 0 saturated heterocycles. The van der Waals surface area contributed by atoms with E-state index in [2.05, 4.69) is 70.9 Å². The molecular formula is C21H28BrN3O. The van der Waals surface area contributed by atoms with Gasteiger partial charge in [0.2, 0.25) is 5.88 Å². The standard InChI is InChI=1S/C21H28BrN3O/c1-6-10-17-11-8-9-12-18(17)16(4)26-21-19(22)13-20(15(3)24-21)23-14-25(5)7-2/h8-9,11-14,16H,6-7,10H2,1-5H3. The van der Waals surface area contributed by atoms with Gasteiger partial charge in [-0.25, -0.2) is 9.98 Å². The smallest absolute Gasteiger partial charge is 0.228 e. The highest BCUT2D eigenvalue weighted by atomic mass is 79.9. The minimum Gasteiger partial charge on any atom is -0.469 e. The van der Waals surface area contributed by atoms with Crippen LogP contribution >= 0.6 is 15.9 Å². The Morgan fingerprint density at radius 2 is 2.04 bits per heavy atom. The van der Waals surface area contributed by atoms with Crippen molar-refractivity contribution < 1.29 is 4.74 Å². The number of aliphatic imine (C=N–C) groups is 1. The molecule has 1 aromatic carbocycles. The summed E-state index contributed by atoms with van der Waals surface area (Å²) in [6.07, 6.45) is 3.92. The zero-order valence-electron chi connectivity index (χ0n) is 16.3. The van der Waals surface area contributed by atoms with Crippen LogP contribution in [0.3, 0.4) is 0 Å². The number of nitrogens with zero attached hydrogens (tertiary/aromatic N) is 3. The van der Waals surface area contributed by atoms with Crippen LogP contribution < -0.4 is 4.74 Å². The maximum Gasteiger partial charge on any atom is 0.228 e. The molecule has 1 aromatic heterocycles. The summed E-state index contributed by atoms with van der Waals surface area (Å²) in [4.78, 5) is 11.1. The molecule has 0 radical (unpaired) electrons. The molecule has 0 saturated carbocycles. The van der Waals surface area contributed by atoms with Gasteiger partial charge < -0.3 is 9.64 Å². The zero-order chi connectivity index (χ0) is 19.1. The summed E-state index contributed by atoms with van der Waals surface area (Å²) in [6, 6.07) is 10.4. The molecule has 1 unspecified atom stereocenters. The first-order valence-corrected chi connectivity index (χ1v) is 9.91. The fourth-order valence-corrected chi connectivity index (χ4v) is 3.06. The van der Waals surface area contributed by atoms with E-state index in [0.29, 0.717) is 5.88 Å². The first kappa shape index (κ1) is 20.4. The molecule has 26 heavy (non-hydrogen) atoms. The van der Waals surface area contributed by atoms with Gasteiger partial charge in [0.25, 0.3) is 0 Å². The van der Waals surface area contributed by atoms with Crippen molar-refractivity contribution in [2.75, 3.05) is 13.6 Å². The van der Waals surface area contributed by atoms with Crippen molar-refractivity contribution in [3.63, 3.8) is 0 Å². The third-order valence-corrected chi connectivity index (χ3v) is 4.87. The number of hydrogen-bond acceptors (Lipinski definition) is 3. The monoisotopic (exact) mass is 417 g/mol. The molecule has 0 fully saturated rings. The molecule has 0 aliphatic rings. The van der Waals surface area contributed by atoms with Crippen molar-refractivity contribution in [1.82, 2.24) is 9.88 Å². The van der Waals surface area contributed by atoms with E-state index in [4.69, 9.17) is 4.74 Å².